The highest BCUT2D eigenvalue weighted by molar-refractivity contribution is 7.91. The minimum Gasteiger partial charge on any atom is -0.445 e. The Bertz CT molecular complexity index is 572. The highest BCUT2D eigenvalue weighted by atomic mass is 32.2. The second kappa shape index (κ2) is 5.80. The van der Waals surface area contributed by atoms with Crippen molar-refractivity contribution in [3.05, 3.63) is 35.9 Å². The van der Waals surface area contributed by atoms with Crippen LogP contribution in [0.1, 0.15) is 5.56 Å². The molecule has 0 radical (unpaired) electrons. The first-order chi connectivity index (χ1) is 9.38. The van der Waals surface area contributed by atoms with Gasteiger partial charge >= 0.3 is 6.09 Å². The molecular weight excluding hydrogens is 282 g/mol. The highest BCUT2D eigenvalue weighted by Crippen LogP contribution is 2.18. The van der Waals surface area contributed by atoms with Crippen LogP contribution in [0.4, 0.5) is 4.79 Å². The van der Waals surface area contributed by atoms with Crippen LogP contribution in [0, 0.1) is 0 Å². The number of rotatable bonds is 3. The van der Waals surface area contributed by atoms with Gasteiger partial charge in [-0.1, -0.05) is 30.3 Å². The minimum absolute atomic E-state index is 0.0225. The number of carbonyl (C=O) groups is 1. The van der Waals surface area contributed by atoms with Gasteiger partial charge in [0.05, 0.1) is 12.6 Å². The first-order valence-corrected chi connectivity index (χ1v) is 8.16. The molecule has 1 aliphatic rings. The number of nitrogens with zero attached hydrogens (tertiary/aromatic N) is 1. The summed E-state index contributed by atoms with van der Waals surface area (Å²) in [7, 11) is -3.38. The molecule has 2 atom stereocenters. The lowest BCUT2D eigenvalue weighted by Gasteiger charge is -2.15. The zero-order valence-electron chi connectivity index (χ0n) is 11.1. The van der Waals surface area contributed by atoms with E-state index < -0.39 is 27.3 Å². The summed E-state index contributed by atoms with van der Waals surface area (Å²) in [5.74, 6) is 0. The Morgan fingerprint density at radius 1 is 1.35 bits per heavy atom. The number of amides is 1. The van der Waals surface area contributed by atoms with E-state index in [2.05, 4.69) is 0 Å². The van der Waals surface area contributed by atoms with Gasteiger partial charge in [0.15, 0.2) is 9.84 Å². The largest absolute Gasteiger partial charge is 0.445 e. The molecule has 1 heterocycles. The van der Waals surface area contributed by atoms with Gasteiger partial charge in [-0.3, -0.25) is 0 Å². The normalized spacial score (nSPS) is 22.8. The van der Waals surface area contributed by atoms with Crippen molar-refractivity contribution in [3.8, 4) is 0 Å². The Morgan fingerprint density at radius 2 is 2.00 bits per heavy atom. The van der Waals surface area contributed by atoms with Crippen molar-refractivity contribution in [2.75, 3.05) is 19.3 Å². The predicted octanol–water partition coefficient (Wildman–Crippen LogP) is 0.413. The third-order valence-corrected chi connectivity index (χ3v) is 4.81. The van der Waals surface area contributed by atoms with Crippen molar-refractivity contribution < 1.29 is 23.1 Å². The van der Waals surface area contributed by atoms with Crippen LogP contribution >= 0.6 is 0 Å². The van der Waals surface area contributed by atoms with Crippen molar-refractivity contribution in [1.82, 2.24) is 4.90 Å². The summed E-state index contributed by atoms with van der Waals surface area (Å²) in [4.78, 5) is 13.1. The maximum absolute atomic E-state index is 11.8. The summed E-state index contributed by atoms with van der Waals surface area (Å²) in [6.45, 7) is 0.0643. The van der Waals surface area contributed by atoms with Crippen molar-refractivity contribution in [1.29, 1.82) is 0 Å². The van der Waals surface area contributed by atoms with Gasteiger partial charge in [-0.2, -0.15) is 0 Å². The van der Waals surface area contributed by atoms with Crippen molar-refractivity contribution >= 4 is 15.9 Å². The number of benzene rings is 1. The van der Waals surface area contributed by atoms with E-state index >= 15 is 0 Å². The average Bonchev–Trinajstić information content (AvgIpc) is 2.79. The predicted molar refractivity (Wildman–Crippen MR) is 72.8 cm³/mol. The van der Waals surface area contributed by atoms with Crippen LogP contribution in [0.25, 0.3) is 0 Å². The molecule has 0 spiro atoms. The molecule has 1 aromatic rings. The van der Waals surface area contributed by atoms with Crippen LogP contribution in [0.3, 0.4) is 0 Å². The van der Waals surface area contributed by atoms with Crippen LogP contribution in [-0.4, -0.2) is 55.2 Å². The fraction of sp³-hybridized carbons (Fsp3) is 0.462. The molecule has 0 bridgehead atoms. The summed E-state index contributed by atoms with van der Waals surface area (Å²) in [6, 6.07) is 9.18. The summed E-state index contributed by atoms with van der Waals surface area (Å²) in [5, 5.41) is 8.76. The van der Waals surface area contributed by atoms with Gasteiger partial charge in [-0.05, 0) is 5.56 Å². The van der Waals surface area contributed by atoms with E-state index in [0.717, 1.165) is 11.8 Å². The summed E-state index contributed by atoms with van der Waals surface area (Å²) in [6.07, 6.45) is -0.618. The number of β-amino-alcohol motifs (C(OH)–C–C–N with tert-alkyl or cyclic N) is 1. The molecule has 0 saturated carbocycles. The van der Waals surface area contributed by atoms with E-state index in [1.807, 2.05) is 30.3 Å². The van der Waals surface area contributed by atoms with E-state index in [-0.39, 0.29) is 19.7 Å². The lowest BCUT2D eigenvalue weighted by atomic mass is 10.2. The average molecular weight is 299 g/mol. The van der Waals surface area contributed by atoms with Gasteiger partial charge in [-0.15, -0.1) is 0 Å². The maximum Gasteiger partial charge on any atom is 0.410 e. The number of aliphatic hydroxyl groups is 1. The Labute approximate surface area is 117 Å². The monoisotopic (exact) mass is 299 g/mol. The Balaban J connectivity index is 1.91. The number of hydrogen-bond donors (Lipinski definition) is 1. The molecule has 2 rings (SSSR count). The van der Waals surface area contributed by atoms with Gasteiger partial charge in [0.25, 0.3) is 0 Å². The Morgan fingerprint density at radius 3 is 2.55 bits per heavy atom. The molecule has 1 amide bonds. The van der Waals surface area contributed by atoms with E-state index in [4.69, 9.17) is 4.74 Å². The fourth-order valence-electron chi connectivity index (χ4n) is 2.14. The molecule has 1 fully saturated rings. The summed E-state index contributed by atoms with van der Waals surface area (Å²) >= 11 is 0. The number of hydrogen-bond acceptors (Lipinski definition) is 5. The summed E-state index contributed by atoms with van der Waals surface area (Å²) in [5.41, 5.74) is 0.847. The van der Waals surface area contributed by atoms with Gasteiger partial charge in [-0.25, -0.2) is 13.2 Å². The quantitative estimate of drug-likeness (QED) is 0.874. The number of aliphatic hydroxyl groups excluding tert-OH is 1. The summed E-state index contributed by atoms with van der Waals surface area (Å²) < 4.78 is 28.0. The van der Waals surface area contributed by atoms with Crippen LogP contribution in [0.5, 0.6) is 0 Å². The fourth-order valence-corrected chi connectivity index (χ4v) is 3.24. The molecule has 1 aliphatic heterocycles. The second-order valence-corrected chi connectivity index (χ2v) is 7.15. The van der Waals surface area contributed by atoms with E-state index in [1.54, 1.807) is 0 Å². The van der Waals surface area contributed by atoms with Crippen LogP contribution in [0.2, 0.25) is 0 Å². The molecule has 1 N–H and O–H groups in total. The van der Waals surface area contributed by atoms with Crippen molar-refractivity contribution in [2.45, 2.75) is 18.0 Å². The topological polar surface area (TPSA) is 83.9 Å². The molecule has 110 valence electrons. The molecule has 6 nitrogen and oxygen atoms in total. The van der Waals surface area contributed by atoms with Crippen LogP contribution in [0.15, 0.2) is 30.3 Å². The molecule has 1 aromatic carbocycles. The number of likely N-dealkylation sites (tertiary alicyclic amines) is 1. The Hall–Kier alpha value is -1.60. The van der Waals surface area contributed by atoms with Crippen LogP contribution in [-0.2, 0) is 21.2 Å². The molecule has 1 saturated heterocycles. The molecule has 0 unspecified atom stereocenters. The molecule has 0 aromatic heterocycles. The Kier molecular flexibility index (Phi) is 4.29. The molecule has 0 aliphatic carbocycles. The zero-order chi connectivity index (χ0) is 14.8. The van der Waals surface area contributed by atoms with E-state index in [9.17, 15) is 18.3 Å². The maximum atomic E-state index is 11.8. The van der Waals surface area contributed by atoms with Gasteiger partial charge in [0.1, 0.15) is 11.9 Å². The number of sulfone groups is 1. The molecule has 7 heteroatoms. The highest BCUT2D eigenvalue weighted by Gasteiger charge is 2.40. The van der Waals surface area contributed by atoms with Gasteiger partial charge in [0, 0.05) is 12.8 Å². The third kappa shape index (κ3) is 3.49. The lowest BCUT2D eigenvalue weighted by Crippen LogP contribution is -2.32. The van der Waals surface area contributed by atoms with Crippen molar-refractivity contribution in [2.24, 2.45) is 0 Å². The van der Waals surface area contributed by atoms with E-state index in [1.165, 1.54) is 4.90 Å². The van der Waals surface area contributed by atoms with Gasteiger partial charge < -0.3 is 14.7 Å². The molecular formula is C13H17NO5S. The standard InChI is InChI=1S/C13H17NO5S/c1-20(17,18)12-8-14(7-11(12)15)13(16)19-9-10-5-3-2-4-6-10/h2-6,11-12,15H,7-9H2,1H3/t11-,12-/m0/s1. The second-order valence-electron chi connectivity index (χ2n) is 4.88. The first kappa shape index (κ1) is 14.8. The number of ether oxygens (including phenoxy) is 1. The van der Waals surface area contributed by atoms with E-state index in [0.29, 0.717) is 0 Å². The SMILES string of the molecule is CS(=O)(=O)[C@H]1CN(C(=O)OCc2ccccc2)C[C@@H]1O. The van der Waals surface area contributed by atoms with Crippen LogP contribution < -0.4 is 0 Å². The smallest absolute Gasteiger partial charge is 0.410 e. The lowest BCUT2D eigenvalue weighted by molar-refractivity contribution is 0.0972. The van der Waals surface area contributed by atoms with Crippen molar-refractivity contribution in [3.63, 3.8) is 0 Å². The zero-order valence-corrected chi connectivity index (χ0v) is 11.9. The first-order valence-electron chi connectivity index (χ1n) is 6.20. The number of carbonyl (C=O) groups excluding carboxylic acids is 1. The van der Waals surface area contributed by atoms with Gasteiger partial charge in [0.2, 0.25) is 0 Å². The third-order valence-electron chi connectivity index (χ3n) is 3.25. The minimum atomic E-state index is -3.38. The molecule has 20 heavy (non-hydrogen) atoms.